The molecule has 1 fully saturated rings. The average molecular weight is 245 g/mol. The van der Waals surface area contributed by atoms with Gasteiger partial charge in [-0.05, 0) is 31.4 Å². The Morgan fingerprint density at radius 3 is 3.11 bits per heavy atom. The predicted molar refractivity (Wildman–Crippen MR) is 67.8 cm³/mol. The molecule has 0 atom stereocenters. The van der Waals surface area contributed by atoms with E-state index < -0.39 is 0 Å². The quantitative estimate of drug-likeness (QED) is 0.829. The van der Waals surface area contributed by atoms with Crippen LogP contribution in [-0.2, 0) is 11.3 Å². The summed E-state index contributed by atoms with van der Waals surface area (Å²) in [5.41, 5.74) is 8.28. The molecule has 1 aliphatic rings. The molecule has 0 bridgehead atoms. The smallest absolute Gasteiger partial charge is 0.240 e. The lowest BCUT2D eigenvalue weighted by molar-refractivity contribution is -0.121. The standard InChI is InChI=1S/C12H15N5O/c1-7-4-5-14-11-10(7)16-12(13)17(11)6-9(18)15-8-2-3-8/h4-5,8H,2-3,6H2,1H3,(H2,13,16)(H,15,18). The number of aryl methyl sites for hydroxylation is 1. The Hall–Kier alpha value is -2.11. The van der Waals surface area contributed by atoms with Gasteiger partial charge in [0.05, 0.1) is 0 Å². The highest BCUT2D eigenvalue weighted by atomic mass is 16.2. The number of fused-ring (bicyclic) bond motifs is 1. The lowest BCUT2D eigenvalue weighted by Gasteiger charge is -2.06. The summed E-state index contributed by atoms with van der Waals surface area (Å²) in [7, 11) is 0. The van der Waals surface area contributed by atoms with Crippen LogP contribution in [-0.4, -0.2) is 26.5 Å². The van der Waals surface area contributed by atoms with E-state index in [1.54, 1.807) is 10.8 Å². The van der Waals surface area contributed by atoms with E-state index in [-0.39, 0.29) is 12.5 Å². The van der Waals surface area contributed by atoms with E-state index in [1.807, 2.05) is 13.0 Å². The number of nitrogens with zero attached hydrogens (tertiary/aromatic N) is 3. The third-order valence-electron chi connectivity index (χ3n) is 3.11. The van der Waals surface area contributed by atoms with Crippen LogP contribution in [0.25, 0.3) is 11.2 Å². The van der Waals surface area contributed by atoms with Gasteiger partial charge in [0.25, 0.3) is 0 Å². The third-order valence-corrected chi connectivity index (χ3v) is 3.11. The Bertz CT molecular complexity index is 614. The van der Waals surface area contributed by atoms with Crippen molar-refractivity contribution in [2.24, 2.45) is 0 Å². The van der Waals surface area contributed by atoms with Gasteiger partial charge in [0.15, 0.2) is 5.65 Å². The van der Waals surface area contributed by atoms with E-state index in [0.717, 1.165) is 23.9 Å². The van der Waals surface area contributed by atoms with Crippen molar-refractivity contribution in [3.8, 4) is 0 Å². The van der Waals surface area contributed by atoms with Gasteiger partial charge in [-0.25, -0.2) is 9.97 Å². The van der Waals surface area contributed by atoms with Crippen LogP contribution in [0.15, 0.2) is 12.3 Å². The number of rotatable bonds is 3. The maximum Gasteiger partial charge on any atom is 0.240 e. The summed E-state index contributed by atoms with van der Waals surface area (Å²) in [6.07, 6.45) is 3.85. The first-order chi connectivity index (χ1) is 8.65. The number of nitrogens with one attached hydrogen (secondary N) is 1. The molecule has 0 unspecified atom stereocenters. The molecule has 0 aliphatic heterocycles. The molecule has 3 N–H and O–H groups in total. The van der Waals surface area contributed by atoms with Crippen molar-refractivity contribution in [1.82, 2.24) is 19.9 Å². The van der Waals surface area contributed by atoms with Crippen molar-refractivity contribution in [3.05, 3.63) is 17.8 Å². The molecule has 1 saturated carbocycles. The summed E-state index contributed by atoms with van der Waals surface area (Å²) in [6.45, 7) is 2.13. The Balaban J connectivity index is 1.92. The van der Waals surface area contributed by atoms with E-state index >= 15 is 0 Å². The van der Waals surface area contributed by atoms with E-state index in [4.69, 9.17) is 5.73 Å². The third kappa shape index (κ3) is 1.90. The number of anilines is 1. The molecule has 2 aromatic heterocycles. The van der Waals surface area contributed by atoms with Gasteiger partial charge in [0.2, 0.25) is 11.9 Å². The summed E-state index contributed by atoms with van der Waals surface area (Å²) >= 11 is 0. The molecule has 2 heterocycles. The zero-order valence-electron chi connectivity index (χ0n) is 10.2. The van der Waals surface area contributed by atoms with E-state index in [2.05, 4.69) is 15.3 Å². The fraction of sp³-hybridized carbons (Fsp3) is 0.417. The van der Waals surface area contributed by atoms with Crippen molar-refractivity contribution < 1.29 is 4.79 Å². The number of aromatic nitrogens is 3. The number of nitrogen functional groups attached to an aromatic ring is 1. The fourth-order valence-corrected chi connectivity index (χ4v) is 1.96. The summed E-state index contributed by atoms with van der Waals surface area (Å²) in [6, 6.07) is 2.23. The lowest BCUT2D eigenvalue weighted by Crippen LogP contribution is -2.29. The first kappa shape index (κ1) is 11.0. The molecule has 94 valence electrons. The second kappa shape index (κ2) is 3.97. The van der Waals surface area contributed by atoms with Crippen LogP contribution in [0, 0.1) is 6.92 Å². The van der Waals surface area contributed by atoms with Crippen LogP contribution in [0.1, 0.15) is 18.4 Å². The molecule has 2 aromatic rings. The molecule has 18 heavy (non-hydrogen) atoms. The normalized spacial score (nSPS) is 14.9. The van der Waals surface area contributed by atoms with E-state index in [0.29, 0.717) is 17.6 Å². The van der Waals surface area contributed by atoms with Gasteiger partial charge >= 0.3 is 0 Å². The van der Waals surface area contributed by atoms with Crippen molar-refractivity contribution in [2.45, 2.75) is 32.4 Å². The molecule has 6 nitrogen and oxygen atoms in total. The largest absolute Gasteiger partial charge is 0.369 e. The molecule has 0 spiro atoms. The molecular formula is C12H15N5O. The van der Waals surface area contributed by atoms with E-state index in [9.17, 15) is 4.79 Å². The minimum Gasteiger partial charge on any atom is -0.369 e. The average Bonchev–Trinajstić information content (AvgIpc) is 3.07. The Morgan fingerprint density at radius 1 is 1.61 bits per heavy atom. The van der Waals surface area contributed by atoms with Crippen molar-refractivity contribution in [3.63, 3.8) is 0 Å². The number of pyridine rings is 1. The van der Waals surface area contributed by atoms with Crippen molar-refractivity contribution in [2.75, 3.05) is 5.73 Å². The highest BCUT2D eigenvalue weighted by Gasteiger charge is 2.24. The molecule has 6 heteroatoms. The van der Waals surface area contributed by atoms with Crippen LogP contribution >= 0.6 is 0 Å². The zero-order valence-corrected chi connectivity index (χ0v) is 10.2. The van der Waals surface area contributed by atoms with Crippen LogP contribution in [0.5, 0.6) is 0 Å². The Labute approximate surface area is 104 Å². The van der Waals surface area contributed by atoms with Crippen LogP contribution < -0.4 is 11.1 Å². The number of nitrogens with two attached hydrogens (primary N) is 1. The summed E-state index contributed by atoms with van der Waals surface area (Å²) in [5.74, 6) is 0.296. The minimum absolute atomic E-state index is 0.0354. The number of hydrogen-bond donors (Lipinski definition) is 2. The monoisotopic (exact) mass is 245 g/mol. The molecule has 1 aliphatic carbocycles. The molecule has 1 amide bonds. The highest BCUT2D eigenvalue weighted by Crippen LogP contribution is 2.20. The van der Waals surface area contributed by atoms with Gasteiger partial charge < -0.3 is 11.1 Å². The number of hydrogen-bond acceptors (Lipinski definition) is 4. The second-order valence-electron chi connectivity index (χ2n) is 4.70. The first-order valence-corrected chi connectivity index (χ1v) is 6.02. The van der Waals surface area contributed by atoms with Gasteiger partial charge in [-0.1, -0.05) is 0 Å². The SMILES string of the molecule is Cc1ccnc2c1nc(N)n2CC(=O)NC1CC1. The first-order valence-electron chi connectivity index (χ1n) is 6.02. The summed E-state index contributed by atoms with van der Waals surface area (Å²) in [5, 5.41) is 2.93. The number of imidazole rings is 1. The van der Waals surface area contributed by atoms with Crippen LogP contribution in [0.4, 0.5) is 5.95 Å². The van der Waals surface area contributed by atoms with Gasteiger partial charge in [-0.3, -0.25) is 9.36 Å². The minimum atomic E-state index is -0.0354. The summed E-state index contributed by atoms with van der Waals surface area (Å²) < 4.78 is 1.65. The zero-order chi connectivity index (χ0) is 12.7. The molecule has 0 aromatic carbocycles. The Morgan fingerprint density at radius 2 is 2.39 bits per heavy atom. The van der Waals surface area contributed by atoms with Crippen LogP contribution in [0.3, 0.4) is 0 Å². The van der Waals surface area contributed by atoms with Crippen molar-refractivity contribution in [1.29, 1.82) is 0 Å². The van der Waals surface area contributed by atoms with Gasteiger partial charge in [0, 0.05) is 12.2 Å². The number of carbonyl (C=O) groups is 1. The van der Waals surface area contributed by atoms with Crippen molar-refractivity contribution >= 4 is 23.0 Å². The highest BCUT2D eigenvalue weighted by molar-refractivity contribution is 5.82. The van der Waals surface area contributed by atoms with Crippen LogP contribution in [0.2, 0.25) is 0 Å². The summed E-state index contributed by atoms with van der Waals surface area (Å²) in [4.78, 5) is 20.3. The van der Waals surface area contributed by atoms with E-state index in [1.165, 1.54) is 0 Å². The lowest BCUT2D eigenvalue weighted by atomic mass is 10.3. The molecule has 0 saturated heterocycles. The second-order valence-corrected chi connectivity index (χ2v) is 4.70. The fourth-order valence-electron chi connectivity index (χ4n) is 1.96. The molecular weight excluding hydrogens is 230 g/mol. The predicted octanol–water partition coefficient (Wildman–Crippen LogP) is 0.601. The molecule has 0 radical (unpaired) electrons. The number of carbonyl (C=O) groups excluding carboxylic acids is 1. The van der Waals surface area contributed by atoms with Gasteiger partial charge in [-0.2, -0.15) is 0 Å². The Kier molecular flexibility index (Phi) is 2.43. The maximum atomic E-state index is 11.8. The maximum absolute atomic E-state index is 11.8. The topological polar surface area (TPSA) is 85.8 Å². The van der Waals surface area contributed by atoms with Gasteiger partial charge in [-0.15, -0.1) is 0 Å². The van der Waals surface area contributed by atoms with Gasteiger partial charge in [0.1, 0.15) is 12.1 Å². The molecule has 3 rings (SSSR count). The number of amides is 1.